The van der Waals surface area contributed by atoms with Gasteiger partial charge in [-0.2, -0.15) is 0 Å². The molecule has 1 aliphatic heterocycles. The van der Waals surface area contributed by atoms with Crippen LogP contribution in [0.15, 0.2) is 12.1 Å². The Labute approximate surface area is 143 Å². The van der Waals surface area contributed by atoms with E-state index in [4.69, 9.17) is 22.1 Å². The molecule has 0 aliphatic carbocycles. The zero-order valence-electron chi connectivity index (χ0n) is 13.9. The number of carbonyl (C=O) groups excluding carboxylic acids is 1. The smallest absolute Gasteiger partial charge is 0.255 e. The monoisotopic (exact) mass is 339 g/mol. The molecule has 1 heterocycles. The van der Waals surface area contributed by atoms with Crippen molar-refractivity contribution in [2.24, 2.45) is 5.92 Å². The van der Waals surface area contributed by atoms with Gasteiger partial charge >= 0.3 is 0 Å². The third kappa shape index (κ3) is 4.75. The summed E-state index contributed by atoms with van der Waals surface area (Å²) in [6.45, 7) is 6.29. The molecule has 1 saturated heterocycles. The number of halogens is 1. The fourth-order valence-corrected chi connectivity index (χ4v) is 3.14. The molecule has 1 fully saturated rings. The molecule has 0 aromatic heterocycles. The summed E-state index contributed by atoms with van der Waals surface area (Å²) >= 11 is 6.02. The number of rotatable bonds is 6. The number of hydrogen-bond acceptors (Lipinski definition) is 4. The molecule has 0 atom stereocenters. The van der Waals surface area contributed by atoms with E-state index >= 15 is 0 Å². The van der Waals surface area contributed by atoms with Gasteiger partial charge in [-0.1, -0.05) is 18.5 Å². The number of nitrogens with zero attached hydrogens (tertiary/aromatic N) is 1. The van der Waals surface area contributed by atoms with Gasteiger partial charge in [0.15, 0.2) is 0 Å². The lowest BCUT2D eigenvalue weighted by Crippen LogP contribution is -2.39. The van der Waals surface area contributed by atoms with Crippen LogP contribution in [-0.4, -0.2) is 44.1 Å². The summed E-state index contributed by atoms with van der Waals surface area (Å²) in [6, 6.07) is 3.15. The molecule has 1 aromatic rings. The van der Waals surface area contributed by atoms with Gasteiger partial charge in [0.2, 0.25) is 0 Å². The van der Waals surface area contributed by atoms with Gasteiger partial charge in [0.1, 0.15) is 5.75 Å². The fourth-order valence-electron chi connectivity index (χ4n) is 2.98. The largest absolute Gasteiger partial charge is 0.496 e. The van der Waals surface area contributed by atoms with E-state index in [9.17, 15) is 4.79 Å². The van der Waals surface area contributed by atoms with Crippen LogP contribution in [0.25, 0.3) is 0 Å². The molecule has 0 spiro atoms. The minimum Gasteiger partial charge on any atom is -0.496 e. The van der Waals surface area contributed by atoms with E-state index < -0.39 is 0 Å². The number of methoxy groups -OCH3 is 1. The number of carbonyl (C=O) groups is 1. The molecule has 0 saturated carbocycles. The summed E-state index contributed by atoms with van der Waals surface area (Å²) < 4.78 is 5.23. The highest BCUT2D eigenvalue weighted by Crippen LogP contribution is 2.28. The van der Waals surface area contributed by atoms with Gasteiger partial charge in [0.25, 0.3) is 5.91 Å². The van der Waals surface area contributed by atoms with Gasteiger partial charge in [0, 0.05) is 12.6 Å². The fraction of sp³-hybridized carbons (Fsp3) is 0.588. The molecular weight excluding hydrogens is 314 g/mol. The number of nitrogen functional groups attached to an aromatic ring is 1. The maximum Gasteiger partial charge on any atom is 0.255 e. The first-order chi connectivity index (χ1) is 11.0. The van der Waals surface area contributed by atoms with Crippen molar-refractivity contribution in [3.05, 3.63) is 22.7 Å². The van der Waals surface area contributed by atoms with Crippen LogP contribution >= 0.6 is 11.6 Å². The molecule has 6 heteroatoms. The summed E-state index contributed by atoms with van der Waals surface area (Å²) in [4.78, 5) is 14.9. The zero-order chi connectivity index (χ0) is 16.8. The topological polar surface area (TPSA) is 67.6 Å². The number of benzene rings is 1. The summed E-state index contributed by atoms with van der Waals surface area (Å²) in [6.07, 6.45) is 3.44. The Balaban J connectivity index is 1.89. The number of amides is 1. The first-order valence-electron chi connectivity index (χ1n) is 8.18. The Kier molecular flexibility index (Phi) is 6.54. The molecule has 1 aromatic carbocycles. The van der Waals surface area contributed by atoms with Crippen molar-refractivity contribution in [2.45, 2.75) is 26.2 Å². The Morgan fingerprint density at radius 3 is 2.74 bits per heavy atom. The first kappa shape index (κ1) is 17.9. The number of likely N-dealkylation sites (tertiary alicyclic amines) is 1. The molecule has 3 N–H and O–H groups in total. The maximum absolute atomic E-state index is 12.4. The van der Waals surface area contributed by atoms with Gasteiger partial charge in [-0.05, 0) is 50.9 Å². The second kappa shape index (κ2) is 8.41. The van der Waals surface area contributed by atoms with Gasteiger partial charge in [-0.3, -0.25) is 4.79 Å². The van der Waals surface area contributed by atoms with Gasteiger partial charge in [-0.25, -0.2) is 0 Å². The number of hydrogen-bond donors (Lipinski definition) is 2. The van der Waals surface area contributed by atoms with E-state index in [1.54, 1.807) is 12.1 Å². The Bertz CT molecular complexity index is 543. The number of ether oxygens (including phenoxy) is 1. The van der Waals surface area contributed by atoms with Crippen LogP contribution in [-0.2, 0) is 0 Å². The Morgan fingerprint density at radius 1 is 1.43 bits per heavy atom. The van der Waals surface area contributed by atoms with Crippen LogP contribution in [0.5, 0.6) is 5.75 Å². The third-order valence-electron chi connectivity index (χ3n) is 4.36. The molecule has 0 unspecified atom stereocenters. The minimum absolute atomic E-state index is 0.167. The highest BCUT2D eigenvalue weighted by atomic mass is 35.5. The van der Waals surface area contributed by atoms with Crippen molar-refractivity contribution in [3.8, 4) is 5.75 Å². The van der Waals surface area contributed by atoms with Crippen LogP contribution in [0, 0.1) is 5.92 Å². The number of nitrogens with two attached hydrogens (primary N) is 1. The van der Waals surface area contributed by atoms with Crippen molar-refractivity contribution in [1.82, 2.24) is 10.2 Å². The normalized spacial score (nSPS) is 16.3. The standard InChI is InChI=1S/C17H26ClN3O2/c1-3-6-21-7-4-12(5-8-21)11-20-17(22)13-9-14(18)15(19)10-16(13)23-2/h9-10,12H,3-8,11,19H2,1-2H3,(H,20,22). The SMILES string of the molecule is CCCN1CCC(CNC(=O)c2cc(Cl)c(N)cc2OC)CC1. The molecule has 0 bridgehead atoms. The molecule has 2 rings (SSSR count). The van der Waals surface area contributed by atoms with Crippen LogP contribution in [0.4, 0.5) is 5.69 Å². The van der Waals surface area contributed by atoms with Crippen molar-refractivity contribution in [1.29, 1.82) is 0 Å². The van der Waals surface area contributed by atoms with Crippen LogP contribution in [0.1, 0.15) is 36.5 Å². The van der Waals surface area contributed by atoms with E-state index in [0.29, 0.717) is 34.5 Å². The maximum atomic E-state index is 12.4. The second-order valence-corrected chi connectivity index (χ2v) is 6.48. The second-order valence-electron chi connectivity index (χ2n) is 6.07. The highest BCUT2D eigenvalue weighted by molar-refractivity contribution is 6.33. The molecular formula is C17H26ClN3O2. The lowest BCUT2D eigenvalue weighted by atomic mass is 9.96. The lowest BCUT2D eigenvalue weighted by molar-refractivity contribution is 0.0933. The first-order valence-corrected chi connectivity index (χ1v) is 8.56. The number of nitrogens with one attached hydrogen (secondary N) is 1. The lowest BCUT2D eigenvalue weighted by Gasteiger charge is -2.31. The van der Waals surface area contributed by atoms with E-state index in [1.165, 1.54) is 20.1 Å². The Morgan fingerprint density at radius 2 is 2.13 bits per heavy atom. The van der Waals surface area contributed by atoms with E-state index in [0.717, 1.165) is 25.9 Å². The Hall–Kier alpha value is -1.46. The zero-order valence-corrected chi connectivity index (χ0v) is 14.7. The predicted molar refractivity (Wildman–Crippen MR) is 94.2 cm³/mol. The third-order valence-corrected chi connectivity index (χ3v) is 4.69. The average Bonchev–Trinajstić information content (AvgIpc) is 2.56. The van der Waals surface area contributed by atoms with E-state index in [-0.39, 0.29) is 5.91 Å². The molecule has 0 radical (unpaired) electrons. The van der Waals surface area contributed by atoms with Crippen molar-refractivity contribution >= 4 is 23.2 Å². The molecule has 1 amide bonds. The summed E-state index contributed by atoms with van der Waals surface area (Å²) in [5.41, 5.74) is 6.58. The number of anilines is 1. The van der Waals surface area contributed by atoms with E-state index in [2.05, 4.69) is 17.1 Å². The highest BCUT2D eigenvalue weighted by Gasteiger charge is 2.20. The molecule has 23 heavy (non-hydrogen) atoms. The van der Waals surface area contributed by atoms with Crippen LogP contribution in [0.3, 0.4) is 0 Å². The quantitative estimate of drug-likeness (QED) is 0.782. The molecule has 5 nitrogen and oxygen atoms in total. The van der Waals surface area contributed by atoms with Gasteiger partial charge in [-0.15, -0.1) is 0 Å². The number of piperidine rings is 1. The van der Waals surface area contributed by atoms with E-state index in [1.807, 2.05) is 0 Å². The minimum atomic E-state index is -0.167. The van der Waals surface area contributed by atoms with Crippen molar-refractivity contribution in [2.75, 3.05) is 39.0 Å². The van der Waals surface area contributed by atoms with Crippen LogP contribution < -0.4 is 15.8 Å². The summed E-state index contributed by atoms with van der Waals surface area (Å²) in [5.74, 6) is 0.809. The van der Waals surface area contributed by atoms with Crippen molar-refractivity contribution < 1.29 is 9.53 Å². The van der Waals surface area contributed by atoms with Gasteiger partial charge < -0.3 is 20.7 Å². The van der Waals surface area contributed by atoms with Crippen LogP contribution in [0.2, 0.25) is 5.02 Å². The molecule has 1 aliphatic rings. The predicted octanol–water partition coefficient (Wildman–Crippen LogP) is 2.78. The van der Waals surface area contributed by atoms with Gasteiger partial charge in [0.05, 0.1) is 23.4 Å². The summed E-state index contributed by atoms with van der Waals surface area (Å²) in [5, 5.41) is 3.36. The average molecular weight is 340 g/mol. The molecule has 128 valence electrons. The van der Waals surface area contributed by atoms with Crippen molar-refractivity contribution in [3.63, 3.8) is 0 Å². The summed E-state index contributed by atoms with van der Waals surface area (Å²) in [7, 11) is 1.52.